The molecule has 1 aliphatic carbocycles. The van der Waals surface area contributed by atoms with E-state index in [1.807, 2.05) is 0 Å². The van der Waals surface area contributed by atoms with E-state index in [1.165, 1.54) is 71.1 Å². The zero-order valence-electron chi connectivity index (χ0n) is 13.4. The number of hydrogen-bond donors (Lipinski definition) is 1. The van der Waals surface area contributed by atoms with Crippen molar-refractivity contribution in [2.24, 2.45) is 11.3 Å². The molecule has 2 rings (SSSR count). The molecule has 0 spiro atoms. The van der Waals surface area contributed by atoms with E-state index in [1.54, 1.807) is 0 Å². The van der Waals surface area contributed by atoms with E-state index in [0.717, 1.165) is 12.0 Å². The first-order valence-corrected chi connectivity index (χ1v) is 8.50. The molecule has 2 heteroatoms. The number of nitrogens with zero attached hydrogens (tertiary/aromatic N) is 1. The van der Waals surface area contributed by atoms with Crippen LogP contribution >= 0.6 is 0 Å². The predicted molar refractivity (Wildman–Crippen MR) is 83.5 cm³/mol. The fourth-order valence-electron chi connectivity index (χ4n) is 3.57. The fourth-order valence-corrected chi connectivity index (χ4v) is 3.57. The molecular formula is C17H34N2. The minimum absolute atomic E-state index is 0.472. The summed E-state index contributed by atoms with van der Waals surface area (Å²) >= 11 is 0. The molecule has 2 aliphatic rings. The Balaban J connectivity index is 1.83. The molecule has 1 N–H and O–H groups in total. The lowest BCUT2D eigenvalue weighted by atomic mass is 9.83. The largest absolute Gasteiger partial charge is 0.312 e. The SMILES string of the molecule is CC(C)(C)CCN1CCCNC(C2CCCCC2)C1. The number of hydrogen-bond acceptors (Lipinski definition) is 2. The van der Waals surface area contributed by atoms with Gasteiger partial charge in [-0.3, -0.25) is 0 Å². The van der Waals surface area contributed by atoms with Gasteiger partial charge in [0.1, 0.15) is 0 Å². The van der Waals surface area contributed by atoms with Crippen LogP contribution in [0.1, 0.15) is 65.7 Å². The van der Waals surface area contributed by atoms with Crippen LogP contribution in [0.2, 0.25) is 0 Å². The molecule has 1 saturated carbocycles. The van der Waals surface area contributed by atoms with Crippen molar-refractivity contribution in [3.05, 3.63) is 0 Å². The Morgan fingerprint density at radius 2 is 1.79 bits per heavy atom. The van der Waals surface area contributed by atoms with Crippen molar-refractivity contribution < 1.29 is 0 Å². The van der Waals surface area contributed by atoms with Crippen molar-refractivity contribution in [3.8, 4) is 0 Å². The second kappa shape index (κ2) is 7.08. The minimum Gasteiger partial charge on any atom is -0.312 e. The summed E-state index contributed by atoms with van der Waals surface area (Å²) in [5.41, 5.74) is 0.472. The summed E-state index contributed by atoms with van der Waals surface area (Å²) in [6, 6.07) is 0.766. The molecule has 0 bridgehead atoms. The molecule has 0 amide bonds. The van der Waals surface area contributed by atoms with Crippen LogP contribution in [0.4, 0.5) is 0 Å². The van der Waals surface area contributed by atoms with Crippen molar-refractivity contribution in [2.75, 3.05) is 26.2 Å². The van der Waals surface area contributed by atoms with Gasteiger partial charge in [0.05, 0.1) is 0 Å². The topological polar surface area (TPSA) is 15.3 Å². The summed E-state index contributed by atoms with van der Waals surface area (Å²) in [6.45, 7) is 12.2. The van der Waals surface area contributed by atoms with Crippen LogP contribution < -0.4 is 5.32 Å². The molecule has 0 aromatic heterocycles. The van der Waals surface area contributed by atoms with E-state index >= 15 is 0 Å². The highest BCUT2D eigenvalue weighted by Gasteiger charge is 2.27. The molecule has 1 unspecified atom stereocenters. The van der Waals surface area contributed by atoms with Crippen LogP contribution in [-0.2, 0) is 0 Å². The van der Waals surface area contributed by atoms with Gasteiger partial charge in [0.2, 0.25) is 0 Å². The van der Waals surface area contributed by atoms with Crippen molar-refractivity contribution in [3.63, 3.8) is 0 Å². The van der Waals surface area contributed by atoms with Crippen molar-refractivity contribution in [2.45, 2.75) is 71.8 Å². The fraction of sp³-hybridized carbons (Fsp3) is 1.00. The van der Waals surface area contributed by atoms with Gasteiger partial charge in [-0.2, -0.15) is 0 Å². The van der Waals surface area contributed by atoms with E-state index in [4.69, 9.17) is 0 Å². The van der Waals surface area contributed by atoms with Gasteiger partial charge < -0.3 is 10.2 Å². The Morgan fingerprint density at radius 1 is 1.05 bits per heavy atom. The van der Waals surface area contributed by atoms with Crippen molar-refractivity contribution in [1.29, 1.82) is 0 Å². The first-order chi connectivity index (χ1) is 9.04. The highest BCUT2D eigenvalue weighted by Crippen LogP contribution is 2.28. The average Bonchev–Trinajstić information content (AvgIpc) is 2.62. The molecule has 2 fully saturated rings. The average molecular weight is 266 g/mol. The van der Waals surface area contributed by atoms with Crippen LogP contribution in [0.15, 0.2) is 0 Å². The van der Waals surface area contributed by atoms with Gasteiger partial charge in [-0.1, -0.05) is 40.0 Å². The maximum Gasteiger partial charge on any atom is 0.0223 e. The third kappa shape index (κ3) is 5.43. The van der Waals surface area contributed by atoms with Gasteiger partial charge in [0, 0.05) is 12.6 Å². The Kier molecular flexibility index (Phi) is 5.70. The molecule has 0 radical (unpaired) electrons. The van der Waals surface area contributed by atoms with E-state index in [0.29, 0.717) is 5.41 Å². The van der Waals surface area contributed by atoms with E-state index < -0.39 is 0 Å². The molecule has 1 aliphatic heterocycles. The summed E-state index contributed by atoms with van der Waals surface area (Å²) in [7, 11) is 0. The summed E-state index contributed by atoms with van der Waals surface area (Å²) in [6.07, 6.45) is 9.97. The molecule has 1 saturated heterocycles. The van der Waals surface area contributed by atoms with Crippen LogP contribution in [0.3, 0.4) is 0 Å². The quantitative estimate of drug-likeness (QED) is 0.838. The third-order valence-corrected chi connectivity index (χ3v) is 4.91. The summed E-state index contributed by atoms with van der Waals surface area (Å²) in [5, 5.41) is 3.84. The molecule has 19 heavy (non-hydrogen) atoms. The second-order valence-electron chi connectivity index (χ2n) is 7.92. The lowest BCUT2D eigenvalue weighted by molar-refractivity contribution is 0.187. The number of nitrogens with one attached hydrogen (secondary N) is 1. The number of rotatable bonds is 3. The highest BCUT2D eigenvalue weighted by molar-refractivity contribution is 4.84. The van der Waals surface area contributed by atoms with Gasteiger partial charge in [0.25, 0.3) is 0 Å². The van der Waals surface area contributed by atoms with E-state index in [9.17, 15) is 0 Å². The van der Waals surface area contributed by atoms with Gasteiger partial charge in [-0.25, -0.2) is 0 Å². The Morgan fingerprint density at radius 3 is 2.47 bits per heavy atom. The van der Waals surface area contributed by atoms with Gasteiger partial charge in [0.15, 0.2) is 0 Å². The Hall–Kier alpha value is -0.0800. The maximum atomic E-state index is 3.84. The van der Waals surface area contributed by atoms with E-state index in [2.05, 4.69) is 31.0 Å². The Labute approximate surface area is 120 Å². The van der Waals surface area contributed by atoms with Gasteiger partial charge in [-0.05, 0) is 56.7 Å². The molecule has 1 atom stereocenters. The molecule has 112 valence electrons. The maximum absolute atomic E-state index is 3.84. The monoisotopic (exact) mass is 266 g/mol. The molecular weight excluding hydrogens is 232 g/mol. The van der Waals surface area contributed by atoms with Crippen LogP contribution in [0, 0.1) is 11.3 Å². The molecule has 0 aromatic carbocycles. The first kappa shape index (κ1) is 15.3. The van der Waals surface area contributed by atoms with Crippen molar-refractivity contribution in [1.82, 2.24) is 10.2 Å². The Bertz CT molecular complexity index is 250. The summed E-state index contributed by atoms with van der Waals surface area (Å²) in [5.74, 6) is 0.948. The summed E-state index contributed by atoms with van der Waals surface area (Å²) in [4.78, 5) is 2.73. The second-order valence-corrected chi connectivity index (χ2v) is 7.92. The lowest BCUT2D eigenvalue weighted by Gasteiger charge is -2.33. The standard InChI is InChI=1S/C17H34N2/c1-17(2,3)10-13-19-12-7-11-18-16(14-19)15-8-5-4-6-9-15/h15-16,18H,4-14H2,1-3H3. The smallest absolute Gasteiger partial charge is 0.0223 e. The third-order valence-electron chi connectivity index (χ3n) is 4.91. The predicted octanol–water partition coefficient (Wildman–Crippen LogP) is 3.67. The molecule has 0 aromatic rings. The lowest BCUT2D eigenvalue weighted by Crippen LogP contribution is -2.44. The molecule has 1 heterocycles. The van der Waals surface area contributed by atoms with Gasteiger partial charge >= 0.3 is 0 Å². The van der Waals surface area contributed by atoms with Gasteiger partial charge in [-0.15, -0.1) is 0 Å². The van der Waals surface area contributed by atoms with Crippen molar-refractivity contribution >= 4 is 0 Å². The molecule has 2 nitrogen and oxygen atoms in total. The zero-order valence-corrected chi connectivity index (χ0v) is 13.4. The summed E-state index contributed by atoms with van der Waals surface area (Å²) < 4.78 is 0. The van der Waals surface area contributed by atoms with Crippen LogP contribution in [0.5, 0.6) is 0 Å². The highest BCUT2D eigenvalue weighted by atomic mass is 15.2. The van der Waals surface area contributed by atoms with Crippen LogP contribution in [0.25, 0.3) is 0 Å². The normalized spacial score (nSPS) is 28.3. The van der Waals surface area contributed by atoms with E-state index in [-0.39, 0.29) is 0 Å². The zero-order chi connectivity index (χ0) is 13.7. The minimum atomic E-state index is 0.472. The first-order valence-electron chi connectivity index (χ1n) is 8.50. The van der Waals surface area contributed by atoms with Crippen LogP contribution in [-0.4, -0.2) is 37.1 Å².